The molecule has 3 aromatic carbocycles. The van der Waals surface area contributed by atoms with Gasteiger partial charge in [-0.25, -0.2) is 18.9 Å². The Labute approximate surface area is 254 Å². The summed E-state index contributed by atoms with van der Waals surface area (Å²) in [6.07, 6.45) is 3.08. The van der Waals surface area contributed by atoms with Gasteiger partial charge in [-0.1, -0.05) is 61.5 Å². The average Bonchev–Trinajstić information content (AvgIpc) is 3.63. The van der Waals surface area contributed by atoms with Crippen molar-refractivity contribution in [1.82, 2.24) is 20.1 Å². The number of hydrogen-bond donors (Lipinski definition) is 1. The number of amides is 3. The van der Waals surface area contributed by atoms with Crippen molar-refractivity contribution in [1.29, 1.82) is 0 Å². The van der Waals surface area contributed by atoms with Crippen molar-refractivity contribution in [3.05, 3.63) is 89.7 Å². The minimum absolute atomic E-state index is 0.0809. The van der Waals surface area contributed by atoms with Crippen molar-refractivity contribution in [2.75, 3.05) is 24.1 Å². The summed E-state index contributed by atoms with van der Waals surface area (Å²) in [5.74, 6) is 1.41. The predicted molar refractivity (Wildman–Crippen MR) is 168 cm³/mol. The lowest BCUT2D eigenvalue weighted by atomic mass is 9.98. The molecule has 5 rings (SSSR count). The number of aliphatic imine (C=N–C) groups is 1. The first-order valence-electron chi connectivity index (χ1n) is 14.1. The fourth-order valence-electron chi connectivity index (χ4n) is 4.78. The van der Waals surface area contributed by atoms with Gasteiger partial charge in [-0.15, -0.1) is 5.10 Å². The number of nitrogens with zero attached hydrogens (tertiary/aromatic N) is 5. The van der Waals surface area contributed by atoms with Gasteiger partial charge < -0.3 is 10.1 Å². The number of nitrogens with one attached hydrogen (secondary N) is 1. The molecule has 1 N–H and O–H groups in total. The monoisotopic (exact) mass is 600 g/mol. The molecule has 3 amide bonds. The lowest BCUT2D eigenvalue weighted by Crippen LogP contribution is -2.32. The Bertz CT molecular complexity index is 1640. The van der Waals surface area contributed by atoms with Gasteiger partial charge in [0.2, 0.25) is 12.8 Å². The third-order valence-corrected chi connectivity index (χ3v) is 7.85. The number of aryl methyl sites for hydroxylation is 2. The van der Waals surface area contributed by atoms with Crippen LogP contribution in [0.1, 0.15) is 42.9 Å². The number of urea groups is 1. The molecule has 11 heteroatoms. The van der Waals surface area contributed by atoms with Crippen LogP contribution in [-0.2, 0) is 11.2 Å². The molecule has 222 valence electrons. The van der Waals surface area contributed by atoms with Gasteiger partial charge >= 0.3 is 6.03 Å². The SMILES string of the molecule is Cc1ccc(N2C(=O)CS/C2=N\C(=O)NCCCc2cccc(-c3ncn(-c4ccc(OCF)cc4)n3)c2)c(C(C)C)c1. The number of thioether (sulfide) groups is 1. The minimum Gasteiger partial charge on any atom is -0.463 e. The lowest BCUT2D eigenvalue weighted by molar-refractivity contribution is -0.115. The van der Waals surface area contributed by atoms with Crippen molar-refractivity contribution >= 4 is 34.6 Å². The fourth-order valence-corrected chi connectivity index (χ4v) is 5.64. The van der Waals surface area contributed by atoms with Crippen LogP contribution in [0.15, 0.2) is 78.0 Å². The van der Waals surface area contributed by atoms with E-state index in [9.17, 15) is 14.0 Å². The van der Waals surface area contributed by atoms with Gasteiger partial charge in [-0.2, -0.15) is 4.99 Å². The summed E-state index contributed by atoms with van der Waals surface area (Å²) in [5, 5.41) is 7.83. The zero-order chi connectivity index (χ0) is 30.3. The summed E-state index contributed by atoms with van der Waals surface area (Å²) in [7, 11) is 0. The molecular formula is C32H33FN6O3S. The number of anilines is 1. The second-order valence-electron chi connectivity index (χ2n) is 10.4. The fraction of sp³-hybridized carbons (Fsp3) is 0.281. The van der Waals surface area contributed by atoms with E-state index in [2.05, 4.69) is 40.3 Å². The zero-order valence-electron chi connectivity index (χ0n) is 24.3. The second-order valence-corrected chi connectivity index (χ2v) is 11.4. The molecule has 1 fully saturated rings. The van der Waals surface area contributed by atoms with Crippen LogP contribution in [0, 0.1) is 6.92 Å². The third-order valence-electron chi connectivity index (χ3n) is 6.93. The van der Waals surface area contributed by atoms with Crippen LogP contribution in [0.4, 0.5) is 14.9 Å². The second kappa shape index (κ2) is 13.6. The summed E-state index contributed by atoms with van der Waals surface area (Å²) >= 11 is 1.28. The van der Waals surface area contributed by atoms with Crippen LogP contribution in [0.25, 0.3) is 17.1 Å². The number of rotatable bonds is 10. The van der Waals surface area contributed by atoms with Crippen molar-refractivity contribution in [3.8, 4) is 22.8 Å². The van der Waals surface area contributed by atoms with Crippen molar-refractivity contribution in [2.45, 2.75) is 39.5 Å². The standard InChI is InChI=1S/C32H33FN6O3S/c1-21(2)27-16-22(3)9-14-28(27)39-29(40)18-43-32(39)36-31(41)34-15-5-7-23-6-4-8-24(17-23)30-35-20-38(37-30)25-10-12-26(13-11-25)42-19-33/h4,6,8-14,16-17,20-21H,5,7,15,18-19H2,1-3H3,(H,34,41)/b36-32-. The first kappa shape index (κ1) is 30.0. The molecule has 0 spiro atoms. The Morgan fingerprint density at radius 2 is 1.95 bits per heavy atom. The molecule has 1 aromatic heterocycles. The van der Waals surface area contributed by atoms with Crippen LogP contribution >= 0.6 is 11.8 Å². The van der Waals surface area contributed by atoms with Gasteiger partial charge in [0.15, 0.2) is 11.0 Å². The van der Waals surface area contributed by atoms with Crippen LogP contribution < -0.4 is 15.0 Å². The van der Waals surface area contributed by atoms with E-state index < -0.39 is 12.9 Å². The van der Waals surface area contributed by atoms with Gasteiger partial charge in [0.1, 0.15) is 12.1 Å². The van der Waals surface area contributed by atoms with Gasteiger partial charge in [0, 0.05) is 12.1 Å². The molecule has 9 nitrogen and oxygen atoms in total. The maximum absolute atomic E-state index is 12.7. The molecule has 4 aromatic rings. The van der Waals surface area contributed by atoms with Gasteiger partial charge in [0.25, 0.3) is 0 Å². The number of benzene rings is 3. The molecule has 0 aliphatic carbocycles. The summed E-state index contributed by atoms with van der Waals surface area (Å²) in [6.45, 7) is 5.76. The number of carbonyl (C=O) groups excluding carboxylic acids is 2. The number of aromatic nitrogens is 3. The Balaban J connectivity index is 1.17. The van der Waals surface area contributed by atoms with E-state index in [0.29, 0.717) is 29.7 Å². The van der Waals surface area contributed by atoms with E-state index in [1.54, 1.807) is 40.2 Å². The molecule has 1 aliphatic heterocycles. The first-order valence-corrected chi connectivity index (χ1v) is 15.0. The van der Waals surface area contributed by atoms with E-state index in [0.717, 1.165) is 40.0 Å². The lowest BCUT2D eigenvalue weighted by Gasteiger charge is -2.22. The number of halogens is 1. The normalized spacial score (nSPS) is 14.1. The summed E-state index contributed by atoms with van der Waals surface area (Å²) in [4.78, 5) is 35.7. The van der Waals surface area contributed by atoms with E-state index in [1.165, 1.54) is 11.8 Å². The molecule has 2 heterocycles. The first-order chi connectivity index (χ1) is 20.8. The van der Waals surface area contributed by atoms with Gasteiger partial charge in [-0.3, -0.25) is 9.69 Å². The minimum atomic E-state index is -0.877. The van der Waals surface area contributed by atoms with Crippen molar-refractivity contribution < 1.29 is 18.7 Å². The average molecular weight is 601 g/mol. The molecule has 0 unspecified atom stereocenters. The van der Waals surface area contributed by atoms with Crippen molar-refractivity contribution in [2.24, 2.45) is 4.99 Å². The Morgan fingerprint density at radius 1 is 1.14 bits per heavy atom. The molecule has 0 bridgehead atoms. The highest BCUT2D eigenvalue weighted by atomic mass is 32.2. The molecule has 43 heavy (non-hydrogen) atoms. The molecule has 0 saturated carbocycles. The van der Waals surface area contributed by atoms with Crippen LogP contribution in [0.5, 0.6) is 5.75 Å². The van der Waals surface area contributed by atoms with E-state index in [-0.39, 0.29) is 17.6 Å². The quantitative estimate of drug-likeness (QED) is 0.210. The summed E-state index contributed by atoms with van der Waals surface area (Å²) < 4.78 is 18.9. The van der Waals surface area contributed by atoms with Crippen LogP contribution in [0.3, 0.4) is 0 Å². The number of amidine groups is 1. The van der Waals surface area contributed by atoms with E-state index in [4.69, 9.17) is 4.74 Å². The zero-order valence-corrected chi connectivity index (χ0v) is 25.1. The third kappa shape index (κ3) is 7.29. The maximum atomic E-state index is 12.7. The molecule has 0 atom stereocenters. The Hall–Kier alpha value is -4.51. The summed E-state index contributed by atoms with van der Waals surface area (Å²) in [6, 6.07) is 20.4. The number of ether oxygens (including phenoxy) is 1. The van der Waals surface area contributed by atoms with Crippen LogP contribution in [0.2, 0.25) is 0 Å². The van der Waals surface area contributed by atoms with Gasteiger partial charge in [0.05, 0.1) is 17.1 Å². The molecular weight excluding hydrogens is 567 g/mol. The molecule has 1 saturated heterocycles. The predicted octanol–water partition coefficient (Wildman–Crippen LogP) is 6.45. The van der Waals surface area contributed by atoms with E-state index in [1.807, 2.05) is 43.3 Å². The summed E-state index contributed by atoms with van der Waals surface area (Å²) in [5.41, 5.74) is 5.69. The highest BCUT2D eigenvalue weighted by molar-refractivity contribution is 8.15. The topological polar surface area (TPSA) is 102 Å². The number of carbonyl (C=O) groups is 2. The number of hydrogen-bond acceptors (Lipinski definition) is 6. The molecule has 1 aliphatic rings. The molecule has 0 radical (unpaired) electrons. The van der Waals surface area contributed by atoms with Crippen molar-refractivity contribution in [3.63, 3.8) is 0 Å². The van der Waals surface area contributed by atoms with Gasteiger partial charge in [-0.05, 0) is 73.2 Å². The number of alkyl halides is 1. The Kier molecular flexibility index (Phi) is 9.51. The maximum Gasteiger partial charge on any atom is 0.343 e. The highest BCUT2D eigenvalue weighted by Crippen LogP contribution is 2.34. The van der Waals surface area contributed by atoms with E-state index >= 15 is 0 Å². The largest absolute Gasteiger partial charge is 0.463 e. The smallest absolute Gasteiger partial charge is 0.343 e. The highest BCUT2D eigenvalue weighted by Gasteiger charge is 2.32. The Morgan fingerprint density at radius 3 is 2.72 bits per heavy atom. The van der Waals surface area contributed by atoms with Crippen LogP contribution in [-0.4, -0.2) is 51.0 Å².